The normalized spacial score (nSPS) is 36.8. The number of amides is 1. The zero-order valence-electron chi connectivity index (χ0n) is 19.2. The van der Waals surface area contributed by atoms with Gasteiger partial charge in [-0.3, -0.25) is 19.4 Å². The first kappa shape index (κ1) is 22.2. The van der Waals surface area contributed by atoms with Crippen molar-refractivity contribution in [3.05, 3.63) is 29.8 Å². The number of aliphatic hydroxyl groups is 1. The van der Waals surface area contributed by atoms with Crippen LogP contribution in [0.1, 0.15) is 37.7 Å². The molecule has 178 valence electrons. The molecule has 4 fully saturated rings. The third-order valence-corrected chi connectivity index (χ3v) is 8.87. The van der Waals surface area contributed by atoms with Gasteiger partial charge in [0.1, 0.15) is 5.41 Å². The molecule has 1 aliphatic carbocycles. The maximum absolute atomic E-state index is 13.8. The number of carbonyl (C=O) groups is 3. The zero-order valence-corrected chi connectivity index (χ0v) is 19.2. The van der Waals surface area contributed by atoms with Crippen LogP contribution in [-0.4, -0.2) is 79.6 Å². The summed E-state index contributed by atoms with van der Waals surface area (Å²) in [4.78, 5) is 44.4. The Balaban J connectivity index is 1.85. The van der Waals surface area contributed by atoms with Crippen LogP contribution in [0.3, 0.4) is 0 Å². The van der Waals surface area contributed by atoms with Crippen LogP contribution in [0.25, 0.3) is 0 Å². The van der Waals surface area contributed by atoms with Crippen LogP contribution in [0.15, 0.2) is 24.3 Å². The lowest BCUT2D eigenvalue weighted by Crippen LogP contribution is -2.75. The number of benzene rings is 1. The second kappa shape index (κ2) is 7.43. The van der Waals surface area contributed by atoms with E-state index < -0.39 is 46.5 Å². The van der Waals surface area contributed by atoms with Gasteiger partial charge in [-0.2, -0.15) is 0 Å². The van der Waals surface area contributed by atoms with E-state index in [2.05, 4.69) is 4.90 Å². The predicted molar refractivity (Wildman–Crippen MR) is 117 cm³/mol. The minimum Gasteiger partial charge on any atom is -0.469 e. The van der Waals surface area contributed by atoms with Crippen molar-refractivity contribution in [1.29, 1.82) is 0 Å². The van der Waals surface area contributed by atoms with Gasteiger partial charge < -0.3 is 19.3 Å². The van der Waals surface area contributed by atoms with Crippen molar-refractivity contribution in [1.82, 2.24) is 4.90 Å². The van der Waals surface area contributed by atoms with E-state index in [4.69, 9.17) is 14.2 Å². The second-order valence-electron chi connectivity index (χ2n) is 9.57. The van der Waals surface area contributed by atoms with E-state index in [-0.39, 0.29) is 6.42 Å². The number of carbonyl (C=O) groups excluding carboxylic acids is 3. The van der Waals surface area contributed by atoms with Gasteiger partial charge in [0.2, 0.25) is 0 Å². The molecule has 0 radical (unpaired) electrons. The molecule has 5 aliphatic rings. The van der Waals surface area contributed by atoms with Gasteiger partial charge in [0.05, 0.1) is 44.6 Å². The van der Waals surface area contributed by atoms with E-state index in [9.17, 15) is 19.5 Å². The van der Waals surface area contributed by atoms with E-state index in [0.717, 1.165) is 0 Å². The Morgan fingerprint density at radius 2 is 1.76 bits per heavy atom. The molecule has 6 rings (SSSR count). The van der Waals surface area contributed by atoms with Gasteiger partial charge in [-0.15, -0.1) is 0 Å². The molecule has 1 N–H and O–H groups in total. The van der Waals surface area contributed by atoms with Gasteiger partial charge >= 0.3 is 18.0 Å². The molecule has 9 nitrogen and oxygen atoms in total. The first-order chi connectivity index (χ1) is 15.8. The first-order valence-corrected chi connectivity index (χ1v) is 11.4. The van der Waals surface area contributed by atoms with Crippen LogP contribution in [0.2, 0.25) is 0 Å². The Kier molecular flexibility index (Phi) is 4.99. The van der Waals surface area contributed by atoms with Gasteiger partial charge in [-0.1, -0.05) is 18.2 Å². The molecular weight excluding hydrogens is 428 g/mol. The fourth-order valence-corrected chi connectivity index (χ4v) is 7.55. The van der Waals surface area contributed by atoms with E-state index in [1.54, 1.807) is 12.1 Å². The smallest absolute Gasteiger partial charge is 0.414 e. The van der Waals surface area contributed by atoms with Crippen LogP contribution >= 0.6 is 0 Å². The fourth-order valence-electron chi connectivity index (χ4n) is 7.55. The molecule has 33 heavy (non-hydrogen) atoms. The second-order valence-corrected chi connectivity index (χ2v) is 9.57. The molecule has 1 saturated carbocycles. The van der Waals surface area contributed by atoms with E-state index in [1.165, 1.54) is 26.2 Å². The van der Waals surface area contributed by atoms with Crippen molar-refractivity contribution < 1.29 is 33.7 Å². The number of aliphatic hydroxyl groups excluding tert-OH is 1. The maximum Gasteiger partial charge on any atom is 0.414 e. The SMILES string of the molecule is COC(=O)C1CC23CCC14N(C(=O)OC)c1ccccc1C4(C(=O)OC)CCN2CCC3O. The Morgan fingerprint density at radius 1 is 1.00 bits per heavy atom. The summed E-state index contributed by atoms with van der Waals surface area (Å²) in [7, 11) is 3.95. The number of ether oxygens (including phenoxy) is 3. The van der Waals surface area contributed by atoms with Gasteiger partial charge in [0.25, 0.3) is 0 Å². The number of anilines is 1. The summed E-state index contributed by atoms with van der Waals surface area (Å²) in [6, 6.07) is 7.25. The lowest BCUT2D eigenvalue weighted by atomic mass is 9.51. The lowest BCUT2D eigenvalue weighted by Gasteiger charge is -2.61. The number of rotatable bonds is 2. The molecule has 1 aromatic carbocycles. The van der Waals surface area contributed by atoms with Gasteiger partial charge in [-0.25, -0.2) is 4.79 Å². The number of hydrogen-bond acceptors (Lipinski definition) is 8. The number of para-hydroxylation sites is 1. The average molecular weight is 459 g/mol. The summed E-state index contributed by atoms with van der Waals surface area (Å²) in [6.07, 6.45) is 0.836. The Bertz CT molecular complexity index is 1010. The Morgan fingerprint density at radius 3 is 2.45 bits per heavy atom. The Hall–Kier alpha value is -2.65. The van der Waals surface area contributed by atoms with Crippen molar-refractivity contribution in [3.8, 4) is 0 Å². The Labute approximate surface area is 192 Å². The molecule has 1 aromatic rings. The molecular formula is C24H30N2O7. The van der Waals surface area contributed by atoms with Gasteiger partial charge in [0.15, 0.2) is 0 Å². The summed E-state index contributed by atoms with van der Waals surface area (Å²) in [6.45, 7) is 1.22. The summed E-state index contributed by atoms with van der Waals surface area (Å²) in [5.74, 6) is -1.85. The van der Waals surface area contributed by atoms with Crippen LogP contribution in [-0.2, 0) is 29.2 Å². The lowest BCUT2D eigenvalue weighted by molar-refractivity contribution is -0.168. The average Bonchev–Trinajstić information content (AvgIpc) is 3.25. The number of esters is 2. The summed E-state index contributed by atoms with van der Waals surface area (Å²) < 4.78 is 15.9. The van der Waals surface area contributed by atoms with Crippen molar-refractivity contribution in [2.45, 2.75) is 54.7 Å². The molecule has 5 unspecified atom stereocenters. The first-order valence-electron chi connectivity index (χ1n) is 11.4. The van der Waals surface area contributed by atoms with E-state index in [1.807, 2.05) is 12.1 Å². The highest BCUT2D eigenvalue weighted by molar-refractivity contribution is 6.03. The van der Waals surface area contributed by atoms with Crippen molar-refractivity contribution in [2.24, 2.45) is 5.92 Å². The number of fused-ring (bicyclic) bond motifs is 4. The molecule has 0 aromatic heterocycles. The number of methoxy groups -OCH3 is 3. The molecule has 5 atom stereocenters. The fraction of sp³-hybridized carbons (Fsp3) is 0.625. The quantitative estimate of drug-likeness (QED) is 0.526. The monoisotopic (exact) mass is 458 g/mol. The van der Waals surface area contributed by atoms with Crippen LogP contribution in [0.4, 0.5) is 10.5 Å². The number of nitrogens with zero attached hydrogens (tertiary/aromatic N) is 2. The molecule has 2 bridgehead atoms. The van der Waals surface area contributed by atoms with E-state index >= 15 is 0 Å². The molecule has 4 aliphatic heterocycles. The standard InChI is InChI=1S/C24H30N2O7/c1-31-19(28)16-14-22-9-10-24(16)23(20(29)32-2,11-13-25(22)12-8-18(22)27)15-6-4-5-7-17(15)26(24)21(30)33-3/h4-7,16,18,27H,8-14H2,1-3H3. The maximum atomic E-state index is 13.8. The molecule has 2 spiro atoms. The van der Waals surface area contributed by atoms with Crippen molar-refractivity contribution in [3.63, 3.8) is 0 Å². The minimum atomic E-state index is -1.29. The molecule has 9 heteroatoms. The molecule has 1 amide bonds. The van der Waals surface area contributed by atoms with Gasteiger partial charge in [0, 0.05) is 18.6 Å². The highest BCUT2D eigenvalue weighted by Crippen LogP contribution is 2.65. The van der Waals surface area contributed by atoms with Gasteiger partial charge in [-0.05, 0) is 43.7 Å². The molecule has 3 saturated heterocycles. The number of hydrogen-bond donors (Lipinski definition) is 1. The third-order valence-electron chi connectivity index (χ3n) is 8.87. The minimum absolute atomic E-state index is 0.279. The third kappa shape index (κ3) is 2.47. The summed E-state index contributed by atoms with van der Waals surface area (Å²) >= 11 is 0. The van der Waals surface area contributed by atoms with E-state index in [0.29, 0.717) is 50.0 Å². The van der Waals surface area contributed by atoms with Crippen LogP contribution in [0.5, 0.6) is 0 Å². The van der Waals surface area contributed by atoms with Crippen LogP contribution < -0.4 is 4.90 Å². The predicted octanol–water partition coefficient (Wildman–Crippen LogP) is 1.60. The highest BCUT2D eigenvalue weighted by Gasteiger charge is 2.76. The largest absolute Gasteiger partial charge is 0.469 e. The van der Waals surface area contributed by atoms with Crippen molar-refractivity contribution >= 4 is 23.7 Å². The topological polar surface area (TPSA) is 106 Å². The summed E-state index contributed by atoms with van der Waals surface area (Å²) in [5.41, 5.74) is -1.95. The van der Waals surface area contributed by atoms with Crippen molar-refractivity contribution in [2.75, 3.05) is 39.3 Å². The zero-order chi connectivity index (χ0) is 23.6. The molecule has 4 heterocycles. The summed E-state index contributed by atoms with van der Waals surface area (Å²) in [5, 5.41) is 11.1. The highest BCUT2D eigenvalue weighted by atomic mass is 16.5. The van der Waals surface area contributed by atoms with Crippen LogP contribution in [0, 0.1) is 5.92 Å².